The first-order valence-electron chi connectivity index (χ1n) is 8.62. The molecular formula is C20H18N4O4S. The summed E-state index contributed by atoms with van der Waals surface area (Å²) in [4.78, 5) is 35.0. The fraction of sp³-hybridized carbons (Fsp3) is 0.100. The van der Waals surface area contributed by atoms with E-state index in [1.807, 2.05) is 54.0 Å². The van der Waals surface area contributed by atoms with E-state index in [1.165, 1.54) is 17.4 Å². The molecule has 0 radical (unpaired) electrons. The van der Waals surface area contributed by atoms with Crippen molar-refractivity contribution in [3.8, 4) is 16.3 Å². The average Bonchev–Trinajstić information content (AvgIpc) is 3.39. The Kier molecular flexibility index (Phi) is 6.54. The van der Waals surface area contributed by atoms with Crippen molar-refractivity contribution in [1.82, 2.24) is 15.1 Å². The standard InChI is InChI=1S/C20H18N4O4S/c21-17(25)11-22-18(26)13-28-19(27)9-8-14-12-24(15-5-2-1-3-6-15)23-20(14)16-7-4-10-29-16/h1-10,12H,11,13H2,(H2,21,25)(H,22,26)/b9-8+. The monoisotopic (exact) mass is 410 g/mol. The third-order valence-electron chi connectivity index (χ3n) is 3.72. The highest BCUT2D eigenvalue weighted by atomic mass is 32.1. The summed E-state index contributed by atoms with van der Waals surface area (Å²) < 4.78 is 6.60. The Bertz CT molecular complexity index is 1030. The number of amides is 2. The van der Waals surface area contributed by atoms with E-state index in [-0.39, 0.29) is 6.54 Å². The van der Waals surface area contributed by atoms with Crippen molar-refractivity contribution in [3.63, 3.8) is 0 Å². The zero-order valence-electron chi connectivity index (χ0n) is 15.3. The van der Waals surface area contributed by atoms with Gasteiger partial charge in [-0.2, -0.15) is 5.10 Å². The van der Waals surface area contributed by atoms with Crippen LogP contribution in [0.5, 0.6) is 0 Å². The van der Waals surface area contributed by atoms with Crippen LogP contribution in [-0.2, 0) is 19.1 Å². The third-order valence-corrected chi connectivity index (χ3v) is 4.60. The molecule has 0 saturated heterocycles. The molecule has 2 amide bonds. The largest absolute Gasteiger partial charge is 0.452 e. The first-order chi connectivity index (χ1) is 14.0. The first kappa shape index (κ1) is 20.0. The minimum absolute atomic E-state index is 0.310. The van der Waals surface area contributed by atoms with Crippen LogP contribution in [0.25, 0.3) is 22.3 Å². The van der Waals surface area contributed by atoms with Crippen molar-refractivity contribution >= 4 is 35.2 Å². The molecule has 9 heteroatoms. The van der Waals surface area contributed by atoms with E-state index in [9.17, 15) is 14.4 Å². The predicted octanol–water partition coefficient (Wildman–Crippen LogP) is 1.76. The highest BCUT2D eigenvalue weighted by Gasteiger charge is 2.12. The van der Waals surface area contributed by atoms with E-state index in [1.54, 1.807) is 10.8 Å². The van der Waals surface area contributed by atoms with Gasteiger partial charge in [-0.05, 0) is 29.7 Å². The average molecular weight is 410 g/mol. The molecule has 2 aromatic heterocycles. The number of benzene rings is 1. The molecule has 0 spiro atoms. The van der Waals surface area contributed by atoms with Gasteiger partial charge < -0.3 is 15.8 Å². The Labute approximate surface area is 170 Å². The van der Waals surface area contributed by atoms with Crippen LogP contribution in [0.1, 0.15) is 5.56 Å². The number of esters is 1. The SMILES string of the molecule is NC(=O)CNC(=O)COC(=O)/C=C/c1cn(-c2ccccc2)nc1-c1cccs1. The maximum absolute atomic E-state index is 11.9. The number of carbonyl (C=O) groups excluding carboxylic acids is 3. The number of hydrogen-bond donors (Lipinski definition) is 2. The van der Waals surface area contributed by atoms with Crippen LogP contribution < -0.4 is 11.1 Å². The number of nitrogens with two attached hydrogens (primary N) is 1. The molecule has 0 atom stereocenters. The van der Waals surface area contributed by atoms with Crippen LogP contribution in [0.4, 0.5) is 0 Å². The molecule has 0 aliphatic heterocycles. The minimum Gasteiger partial charge on any atom is -0.452 e. The summed E-state index contributed by atoms with van der Waals surface area (Å²) in [7, 11) is 0. The van der Waals surface area contributed by atoms with Crippen LogP contribution in [0.15, 0.2) is 60.1 Å². The van der Waals surface area contributed by atoms with Gasteiger partial charge in [0.2, 0.25) is 5.91 Å². The molecule has 0 bridgehead atoms. The lowest BCUT2D eigenvalue weighted by molar-refractivity contribution is -0.143. The van der Waals surface area contributed by atoms with Gasteiger partial charge in [0.25, 0.3) is 5.91 Å². The predicted molar refractivity (Wildman–Crippen MR) is 109 cm³/mol. The normalized spacial score (nSPS) is 10.8. The maximum Gasteiger partial charge on any atom is 0.331 e. The van der Waals surface area contributed by atoms with Gasteiger partial charge in [-0.25, -0.2) is 9.48 Å². The second-order valence-electron chi connectivity index (χ2n) is 5.87. The van der Waals surface area contributed by atoms with Crippen LogP contribution in [0.3, 0.4) is 0 Å². The van der Waals surface area contributed by atoms with Crippen LogP contribution in [0.2, 0.25) is 0 Å². The smallest absolute Gasteiger partial charge is 0.331 e. The van der Waals surface area contributed by atoms with Crippen molar-refractivity contribution in [2.24, 2.45) is 5.73 Å². The Hall–Kier alpha value is -3.72. The van der Waals surface area contributed by atoms with E-state index in [0.29, 0.717) is 0 Å². The molecule has 148 valence electrons. The van der Waals surface area contributed by atoms with E-state index < -0.39 is 24.4 Å². The van der Waals surface area contributed by atoms with Crippen molar-refractivity contribution in [2.45, 2.75) is 0 Å². The molecule has 8 nitrogen and oxygen atoms in total. The number of nitrogens with one attached hydrogen (secondary N) is 1. The number of ether oxygens (including phenoxy) is 1. The highest BCUT2D eigenvalue weighted by molar-refractivity contribution is 7.13. The summed E-state index contributed by atoms with van der Waals surface area (Å²) in [5.74, 6) is -1.98. The molecule has 3 N–H and O–H groups in total. The zero-order valence-corrected chi connectivity index (χ0v) is 16.1. The maximum atomic E-state index is 11.9. The summed E-state index contributed by atoms with van der Waals surface area (Å²) >= 11 is 1.54. The molecule has 2 heterocycles. The quantitative estimate of drug-likeness (QED) is 0.434. The van der Waals surface area contributed by atoms with Gasteiger partial charge in [-0.15, -0.1) is 11.3 Å². The summed E-state index contributed by atoms with van der Waals surface area (Å²) in [5, 5.41) is 8.81. The number of thiophene rings is 1. The minimum atomic E-state index is -0.691. The molecule has 3 rings (SSSR count). The fourth-order valence-corrected chi connectivity index (χ4v) is 3.14. The molecule has 1 aromatic carbocycles. The first-order valence-corrected chi connectivity index (χ1v) is 9.49. The Morgan fingerprint density at radius 2 is 1.97 bits per heavy atom. The second-order valence-corrected chi connectivity index (χ2v) is 6.82. The van der Waals surface area contributed by atoms with E-state index in [4.69, 9.17) is 10.5 Å². The van der Waals surface area contributed by atoms with Gasteiger partial charge in [0.05, 0.1) is 17.1 Å². The number of aromatic nitrogens is 2. The topological polar surface area (TPSA) is 116 Å². The lowest BCUT2D eigenvalue weighted by atomic mass is 10.2. The number of rotatable bonds is 8. The van der Waals surface area contributed by atoms with Crippen molar-refractivity contribution in [2.75, 3.05) is 13.2 Å². The van der Waals surface area contributed by atoms with Crippen molar-refractivity contribution in [3.05, 3.63) is 65.7 Å². The van der Waals surface area contributed by atoms with Gasteiger partial charge in [0.1, 0.15) is 5.69 Å². The Balaban J connectivity index is 1.72. The summed E-state index contributed by atoms with van der Waals surface area (Å²) in [6.45, 7) is -0.813. The lowest BCUT2D eigenvalue weighted by Gasteiger charge is -2.02. The van der Waals surface area contributed by atoms with E-state index >= 15 is 0 Å². The molecule has 29 heavy (non-hydrogen) atoms. The number of para-hydroxylation sites is 1. The summed E-state index contributed by atoms with van der Waals surface area (Å²) in [6, 6.07) is 13.5. The van der Waals surface area contributed by atoms with E-state index in [0.717, 1.165) is 21.8 Å². The van der Waals surface area contributed by atoms with Gasteiger partial charge in [0.15, 0.2) is 6.61 Å². The van der Waals surface area contributed by atoms with Gasteiger partial charge >= 0.3 is 5.97 Å². The summed E-state index contributed by atoms with van der Waals surface area (Å²) in [5.41, 5.74) is 7.27. The molecular weight excluding hydrogens is 392 g/mol. The zero-order chi connectivity index (χ0) is 20.6. The molecule has 0 aliphatic rings. The molecule has 0 saturated carbocycles. The summed E-state index contributed by atoms with van der Waals surface area (Å²) in [6.07, 6.45) is 4.63. The number of primary amides is 1. The van der Waals surface area contributed by atoms with Crippen LogP contribution in [-0.4, -0.2) is 40.7 Å². The number of nitrogens with zero attached hydrogens (tertiary/aromatic N) is 2. The van der Waals surface area contributed by atoms with Gasteiger partial charge in [-0.1, -0.05) is 24.3 Å². The molecule has 0 aliphatic carbocycles. The van der Waals surface area contributed by atoms with Crippen molar-refractivity contribution < 1.29 is 19.1 Å². The van der Waals surface area contributed by atoms with E-state index in [2.05, 4.69) is 10.4 Å². The third kappa shape index (κ3) is 5.63. The Morgan fingerprint density at radius 1 is 1.17 bits per heavy atom. The number of hydrogen-bond acceptors (Lipinski definition) is 6. The van der Waals surface area contributed by atoms with Crippen molar-refractivity contribution in [1.29, 1.82) is 0 Å². The molecule has 3 aromatic rings. The van der Waals surface area contributed by atoms with Crippen LogP contribution >= 0.6 is 11.3 Å². The number of carbonyl (C=O) groups is 3. The molecule has 0 unspecified atom stereocenters. The van der Waals surface area contributed by atoms with Crippen LogP contribution in [0, 0.1) is 0 Å². The molecule has 0 fully saturated rings. The Morgan fingerprint density at radius 3 is 2.66 bits per heavy atom. The second kappa shape index (κ2) is 9.47. The van der Waals surface area contributed by atoms with Gasteiger partial charge in [0, 0.05) is 17.8 Å². The fourth-order valence-electron chi connectivity index (χ4n) is 2.41. The lowest BCUT2D eigenvalue weighted by Crippen LogP contribution is -2.35. The highest BCUT2D eigenvalue weighted by Crippen LogP contribution is 2.28. The van der Waals surface area contributed by atoms with Gasteiger partial charge in [-0.3, -0.25) is 9.59 Å².